The summed E-state index contributed by atoms with van der Waals surface area (Å²) >= 11 is 1.06. The molecule has 1 atom stereocenters. The largest absolute Gasteiger partial charge is 0.494 e. The first-order chi connectivity index (χ1) is 21.8. The van der Waals surface area contributed by atoms with E-state index in [-0.39, 0.29) is 46.1 Å². The summed E-state index contributed by atoms with van der Waals surface area (Å²) < 4.78 is 24.2. The van der Waals surface area contributed by atoms with Crippen LogP contribution in [0, 0.1) is 10.1 Å². The van der Waals surface area contributed by atoms with E-state index in [4.69, 9.17) is 18.9 Å². The zero-order chi connectivity index (χ0) is 32.1. The Bertz CT molecular complexity index is 1960. The number of esters is 1. The highest BCUT2D eigenvalue weighted by Gasteiger charge is 2.35. The molecule has 12 heteroatoms. The van der Waals surface area contributed by atoms with Crippen LogP contribution in [0.15, 0.2) is 87.8 Å². The van der Waals surface area contributed by atoms with Gasteiger partial charge in [-0.05, 0) is 44.5 Å². The molecule has 3 aromatic carbocycles. The summed E-state index contributed by atoms with van der Waals surface area (Å²) in [7, 11) is 1.43. The zero-order valence-corrected chi connectivity index (χ0v) is 26.0. The van der Waals surface area contributed by atoms with Crippen LogP contribution in [0.3, 0.4) is 0 Å². The van der Waals surface area contributed by atoms with Crippen molar-refractivity contribution in [1.29, 1.82) is 0 Å². The Morgan fingerprint density at radius 2 is 1.76 bits per heavy atom. The van der Waals surface area contributed by atoms with Crippen molar-refractivity contribution in [3.8, 4) is 17.2 Å². The molecule has 0 amide bonds. The van der Waals surface area contributed by atoms with Gasteiger partial charge in [-0.3, -0.25) is 19.5 Å². The molecular formula is C33H31N3O8S. The van der Waals surface area contributed by atoms with Crippen LogP contribution in [0.4, 0.5) is 5.69 Å². The second-order valence-electron chi connectivity index (χ2n) is 9.87. The van der Waals surface area contributed by atoms with Crippen LogP contribution >= 0.6 is 11.3 Å². The molecular weight excluding hydrogens is 598 g/mol. The van der Waals surface area contributed by atoms with E-state index in [1.54, 1.807) is 38.1 Å². The SMILES string of the molecule is CCOC(=O)C1=C(C)N=c2s/c(=C\c3cc(OC)c(OCc4ccccc4)cc3[N+](=O)[O-])c(=O)n2[C@@H]1c1ccccc1OCC. The summed E-state index contributed by atoms with van der Waals surface area (Å²) in [5, 5.41) is 12.2. The number of hydrogen-bond donors (Lipinski definition) is 0. The van der Waals surface area contributed by atoms with Gasteiger partial charge in [0.15, 0.2) is 16.3 Å². The minimum atomic E-state index is -0.900. The molecule has 0 unspecified atom stereocenters. The third-order valence-corrected chi connectivity index (χ3v) is 8.05. The number of thiazole rings is 1. The van der Waals surface area contributed by atoms with E-state index in [1.807, 2.05) is 37.3 Å². The van der Waals surface area contributed by atoms with Gasteiger partial charge in [-0.25, -0.2) is 9.79 Å². The van der Waals surface area contributed by atoms with E-state index in [0.717, 1.165) is 16.9 Å². The molecule has 0 aliphatic carbocycles. The maximum Gasteiger partial charge on any atom is 0.338 e. The number of para-hydroxylation sites is 1. The van der Waals surface area contributed by atoms with E-state index >= 15 is 0 Å². The average Bonchev–Trinajstić information content (AvgIpc) is 3.34. The van der Waals surface area contributed by atoms with Gasteiger partial charge in [0.05, 0.1) is 52.7 Å². The van der Waals surface area contributed by atoms with Crippen molar-refractivity contribution >= 4 is 29.1 Å². The van der Waals surface area contributed by atoms with Crippen LogP contribution in [-0.2, 0) is 16.1 Å². The third-order valence-electron chi connectivity index (χ3n) is 7.06. The lowest BCUT2D eigenvalue weighted by molar-refractivity contribution is -0.385. The van der Waals surface area contributed by atoms with Gasteiger partial charge in [0.25, 0.3) is 11.2 Å². The normalized spacial score (nSPS) is 14.4. The first-order valence-corrected chi connectivity index (χ1v) is 15.0. The number of nitro groups is 1. The fraction of sp³-hybridized carbons (Fsp3) is 0.242. The summed E-state index contributed by atoms with van der Waals surface area (Å²) in [5.74, 6) is 0.353. The van der Waals surface area contributed by atoms with Gasteiger partial charge < -0.3 is 18.9 Å². The maximum absolute atomic E-state index is 14.1. The number of fused-ring (bicyclic) bond motifs is 1. The lowest BCUT2D eigenvalue weighted by Crippen LogP contribution is -2.40. The summed E-state index contributed by atoms with van der Waals surface area (Å²) in [4.78, 5) is 43.9. The first kappa shape index (κ1) is 31.2. The molecule has 0 spiro atoms. The van der Waals surface area contributed by atoms with Crippen LogP contribution in [0.1, 0.15) is 43.5 Å². The van der Waals surface area contributed by atoms with Gasteiger partial charge in [0.2, 0.25) is 0 Å². The number of hydrogen-bond acceptors (Lipinski definition) is 10. The molecule has 4 aromatic rings. The number of allylic oxidation sites excluding steroid dienone is 1. The lowest BCUT2D eigenvalue weighted by Gasteiger charge is -2.26. The Morgan fingerprint density at radius 1 is 1.02 bits per heavy atom. The monoisotopic (exact) mass is 629 g/mol. The molecule has 2 heterocycles. The third kappa shape index (κ3) is 6.36. The van der Waals surface area contributed by atoms with E-state index in [2.05, 4.69) is 4.99 Å². The van der Waals surface area contributed by atoms with Gasteiger partial charge >= 0.3 is 5.97 Å². The maximum atomic E-state index is 14.1. The number of ether oxygens (including phenoxy) is 4. The van der Waals surface area contributed by atoms with Crippen molar-refractivity contribution in [3.63, 3.8) is 0 Å². The Labute approximate surface area is 262 Å². The molecule has 0 bridgehead atoms. The number of benzene rings is 3. The van der Waals surface area contributed by atoms with Crippen molar-refractivity contribution in [2.24, 2.45) is 4.99 Å². The number of rotatable bonds is 11. The number of nitro benzene ring substituents is 1. The summed E-state index contributed by atoms with van der Waals surface area (Å²) in [6.45, 7) is 5.91. The van der Waals surface area contributed by atoms with Gasteiger partial charge in [-0.1, -0.05) is 59.9 Å². The summed E-state index contributed by atoms with van der Waals surface area (Å²) in [5.41, 5.74) is 1.44. The Hall–Kier alpha value is -5.23. The van der Waals surface area contributed by atoms with Crippen molar-refractivity contribution in [3.05, 3.63) is 124 Å². The molecule has 5 rings (SSSR count). The number of methoxy groups -OCH3 is 1. The highest BCUT2D eigenvalue weighted by Crippen LogP contribution is 2.37. The molecule has 1 aliphatic heterocycles. The second-order valence-corrected chi connectivity index (χ2v) is 10.9. The van der Waals surface area contributed by atoms with E-state index in [1.165, 1.54) is 29.9 Å². The lowest BCUT2D eigenvalue weighted by atomic mass is 9.95. The van der Waals surface area contributed by atoms with Crippen molar-refractivity contribution < 1.29 is 28.7 Å². The number of nitrogens with zero attached hydrogens (tertiary/aromatic N) is 3. The summed E-state index contributed by atoms with van der Waals surface area (Å²) in [6.07, 6.45) is 1.43. The fourth-order valence-corrected chi connectivity index (χ4v) is 6.10. The number of carbonyl (C=O) groups excluding carboxylic acids is 1. The minimum absolute atomic E-state index is 0.135. The van der Waals surface area contributed by atoms with Gasteiger partial charge in [-0.2, -0.15) is 0 Å². The van der Waals surface area contributed by atoms with E-state index in [9.17, 15) is 19.7 Å². The van der Waals surface area contributed by atoms with Crippen LogP contribution in [0.25, 0.3) is 6.08 Å². The standard InChI is InChI=1S/C33H31N3O8S/c1-5-42-25-15-11-10-14-23(25)30-29(32(38)43-6-2)20(3)34-33-35(30)31(37)28(45-33)17-22-16-26(41-4)27(18-24(22)36(39)40)44-19-21-12-8-7-9-13-21/h7-18,30H,5-6,19H2,1-4H3/b28-17-/t30-/m1/s1. The Morgan fingerprint density at radius 3 is 2.44 bits per heavy atom. The topological polar surface area (TPSA) is 131 Å². The number of carbonyl (C=O) groups is 1. The van der Waals surface area contributed by atoms with E-state index in [0.29, 0.717) is 28.4 Å². The predicted molar refractivity (Wildman–Crippen MR) is 168 cm³/mol. The minimum Gasteiger partial charge on any atom is -0.494 e. The molecule has 1 aliphatic rings. The predicted octanol–water partition coefficient (Wildman–Crippen LogP) is 4.69. The quantitative estimate of drug-likeness (QED) is 0.133. The van der Waals surface area contributed by atoms with Crippen molar-refractivity contribution in [2.45, 2.75) is 33.4 Å². The molecule has 1 aromatic heterocycles. The van der Waals surface area contributed by atoms with E-state index < -0.39 is 22.5 Å². The first-order valence-electron chi connectivity index (χ1n) is 14.2. The molecule has 0 N–H and O–H groups in total. The van der Waals surface area contributed by atoms with Crippen molar-refractivity contribution in [2.75, 3.05) is 20.3 Å². The second kappa shape index (κ2) is 13.6. The van der Waals surface area contributed by atoms with Crippen LogP contribution in [0.2, 0.25) is 0 Å². The Balaban J connectivity index is 1.67. The molecule has 45 heavy (non-hydrogen) atoms. The summed E-state index contributed by atoms with van der Waals surface area (Å²) in [6, 6.07) is 18.4. The zero-order valence-electron chi connectivity index (χ0n) is 25.1. The smallest absolute Gasteiger partial charge is 0.338 e. The molecule has 0 fully saturated rings. The molecule has 0 radical (unpaired) electrons. The molecule has 232 valence electrons. The van der Waals surface area contributed by atoms with Crippen LogP contribution in [0.5, 0.6) is 17.2 Å². The van der Waals surface area contributed by atoms with Gasteiger partial charge in [-0.15, -0.1) is 0 Å². The van der Waals surface area contributed by atoms with Crippen LogP contribution < -0.4 is 29.1 Å². The number of aromatic nitrogens is 1. The van der Waals surface area contributed by atoms with Gasteiger partial charge in [0.1, 0.15) is 18.4 Å². The average molecular weight is 630 g/mol. The highest BCUT2D eigenvalue weighted by molar-refractivity contribution is 7.07. The highest BCUT2D eigenvalue weighted by atomic mass is 32.1. The molecule has 11 nitrogen and oxygen atoms in total. The molecule has 0 saturated carbocycles. The Kier molecular flexibility index (Phi) is 9.43. The molecule has 0 saturated heterocycles. The van der Waals surface area contributed by atoms with Crippen molar-refractivity contribution in [1.82, 2.24) is 4.57 Å². The van der Waals surface area contributed by atoms with Crippen LogP contribution in [-0.4, -0.2) is 35.8 Å². The van der Waals surface area contributed by atoms with Gasteiger partial charge in [0, 0.05) is 5.56 Å². The fourth-order valence-electron chi connectivity index (χ4n) is 5.07.